The average molecular weight is 218 g/mol. The van der Waals surface area contributed by atoms with Crippen molar-refractivity contribution in [2.24, 2.45) is 0 Å². The molecular weight excluding hydrogens is 196 g/mol. The monoisotopic (exact) mass is 218 g/mol. The summed E-state index contributed by atoms with van der Waals surface area (Å²) >= 11 is 0. The molecule has 0 aromatic carbocycles. The van der Waals surface area contributed by atoms with E-state index >= 15 is 0 Å². The minimum absolute atomic E-state index is 0.642. The molecule has 0 amide bonds. The van der Waals surface area contributed by atoms with Gasteiger partial charge in [-0.1, -0.05) is 19.8 Å². The molecule has 1 aliphatic heterocycles. The number of pyridine rings is 1. The highest BCUT2D eigenvalue weighted by Gasteiger charge is 2.22. The lowest BCUT2D eigenvalue weighted by molar-refractivity contribution is 0.146. The summed E-state index contributed by atoms with van der Waals surface area (Å²) in [5, 5.41) is 0. The minimum Gasteiger partial charge on any atom is -0.296 e. The second-order valence-corrected chi connectivity index (χ2v) is 4.68. The van der Waals surface area contributed by atoms with Crippen molar-refractivity contribution in [1.29, 1.82) is 0 Å². The highest BCUT2D eigenvalue weighted by molar-refractivity contribution is 5.15. The molecular formula is C14H22N2. The lowest BCUT2D eigenvalue weighted by Gasteiger charge is -2.36. The first-order chi connectivity index (χ1) is 7.92. The van der Waals surface area contributed by atoms with Gasteiger partial charge in [0.25, 0.3) is 0 Å². The first-order valence-electron chi connectivity index (χ1n) is 6.56. The largest absolute Gasteiger partial charge is 0.296 e. The number of hydrogen-bond donors (Lipinski definition) is 0. The van der Waals surface area contributed by atoms with E-state index in [0.29, 0.717) is 6.04 Å². The van der Waals surface area contributed by atoms with Crippen LogP contribution in [0.15, 0.2) is 24.5 Å². The molecule has 0 saturated carbocycles. The Hall–Kier alpha value is -0.890. The van der Waals surface area contributed by atoms with E-state index in [4.69, 9.17) is 0 Å². The van der Waals surface area contributed by atoms with Gasteiger partial charge in [-0.3, -0.25) is 9.88 Å². The summed E-state index contributed by atoms with van der Waals surface area (Å²) < 4.78 is 0. The molecule has 1 aromatic rings. The van der Waals surface area contributed by atoms with E-state index in [0.717, 1.165) is 0 Å². The molecule has 0 spiro atoms. The molecule has 0 bridgehead atoms. The molecule has 88 valence electrons. The van der Waals surface area contributed by atoms with E-state index in [1.807, 2.05) is 12.4 Å². The SMILES string of the molecule is CCCCN1CCCCC1c1ccncc1. The summed E-state index contributed by atoms with van der Waals surface area (Å²) in [5.41, 5.74) is 1.45. The predicted octanol–water partition coefficient (Wildman–Crippen LogP) is 3.41. The lowest BCUT2D eigenvalue weighted by Crippen LogP contribution is -2.34. The summed E-state index contributed by atoms with van der Waals surface area (Å²) in [6.07, 6.45) is 10.5. The van der Waals surface area contributed by atoms with Crippen molar-refractivity contribution in [3.8, 4) is 0 Å². The van der Waals surface area contributed by atoms with Crippen molar-refractivity contribution < 1.29 is 0 Å². The Kier molecular flexibility index (Phi) is 4.34. The van der Waals surface area contributed by atoms with Gasteiger partial charge in [-0.15, -0.1) is 0 Å². The third kappa shape index (κ3) is 2.82. The van der Waals surface area contributed by atoms with Crippen LogP contribution in [0.1, 0.15) is 50.6 Å². The van der Waals surface area contributed by atoms with Gasteiger partial charge in [-0.25, -0.2) is 0 Å². The third-order valence-corrected chi connectivity index (χ3v) is 3.50. The summed E-state index contributed by atoms with van der Waals surface area (Å²) in [4.78, 5) is 6.76. The molecule has 1 aliphatic rings. The molecule has 0 N–H and O–H groups in total. The van der Waals surface area contributed by atoms with Gasteiger partial charge >= 0.3 is 0 Å². The molecule has 0 radical (unpaired) electrons. The maximum absolute atomic E-state index is 4.11. The Morgan fingerprint density at radius 3 is 2.88 bits per heavy atom. The van der Waals surface area contributed by atoms with E-state index < -0.39 is 0 Å². The second-order valence-electron chi connectivity index (χ2n) is 4.68. The topological polar surface area (TPSA) is 16.1 Å². The maximum Gasteiger partial charge on any atom is 0.0349 e. The van der Waals surface area contributed by atoms with Gasteiger partial charge in [0.1, 0.15) is 0 Å². The fourth-order valence-corrected chi connectivity index (χ4v) is 2.58. The van der Waals surface area contributed by atoms with E-state index in [1.165, 1.54) is 50.8 Å². The van der Waals surface area contributed by atoms with Crippen molar-refractivity contribution in [2.45, 2.75) is 45.1 Å². The van der Waals surface area contributed by atoms with Crippen LogP contribution in [0.4, 0.5) is 0 Å². The van der Waals surface area contributed by atoms with Crippen LogP contribution in [0.25, 0.3) is 0 Å². The lowest BCUT2D eigenvalue weighted by atomic mass is 9.96. The highest BCUT2D eigenvalue weighted by atomic mass is 15.2. The number of likely N-dealkylation sites (tertiary alicyclic amines) is 1. The molecule has 1 atom stereocenters. The summed E-state index contributed by atoms with van der Waals surface area (Å²) in [6, 6.07) is 4.99. The van der Waals surface area contributed by atoms with Crippen molar-refractivity contribution in [1.82, 2.24) is 9.88 Å². The predicted molar refractivity (Wildman–Crippen MR) is 67.3 cm³/mol. The van der Waals surface area contributed by atoms with Crippen LogP contribution in [0.2, 0.25) is 0 Å². The summed E-state index contributed by atoms with van der Waals surface area (Å²) in [7, 11) is 0. The van der Waals surface area contributed by atoms with Crippen molar-refractivity contribution in [3.63, 3.8) is 0 Å². The highest BCUT2D eigenvalue weighted by Crippen LogP contribution is 2.30. The zero-order chi connectivity index (χ0) is 11.2. The number of aromatic nitrogens is 1. The van der Waals surface area contributed by atoms with Crippen LogP contribution in [-0.2, 0) is 0 Å². The van der Waals surface area contributed by atoms with Crippen LogP contribution in [0.5, 0.6) is 0 Å². The van der Waals surface area contributed by atoms with Crippen molar-refractivity contribution >= 4 is 0 Å². The van der Waals surface area contributed by atoms with Crippen LogP contribution < -0.4 is 0 Å². The Morgan fingerprint density at radius 1 is 1.31 bits per heavy atom. The van der Waals surface area contributed by atoms with Gasteiger partial charge in [0.15, 0.2) is 0 Å². The smallest absolute Gasteiger partial charge is 0.0349 e. The van der Waals surface area contributed by atoms with Gasteiger partial charge in [0.05, 0.1) is 0 Å². The fraction of sp³-hybridized carbons (Fsp3) is 0.643. The first kappa shape index (κ1) is 11.6. The maximum atomic E-state index is 4.11. The molecule has 2 rings (SSSR count). The van der Waals surface area contributed by atoms with Gasteiger partial charge in [-0.05, 0) is 50.0 Å². The first-order valence-corrected chi connectivity index (χ1v) is 6.56. The van der Waals surface area contributed by atoms with E-state index in [9.17, 15) is 0 Å². The quantitative estimate of drug-likeness (QED) is 0.770. The molecule has 1 saturated heterocycles. The standard InChI is InChI=1S/C14H22N2/c1-2-3-11-16-12-5-4-6-14(16)13-7-9-15-10-8-13/h7-10,14H,2-6,11-12H2,1H3. The second kappa shape index (κ2) is 6.00. The molecule has 2 heterocycles. The van der Waals surface area contributed by atoms with Crippen LogP contribution in [0.3, 0.4) is 0 Å². The van der Waals surface area contributed by atoms with E-state index in [2.05, 4.69) is 28.9 Å². The molecule has 1 unspecified atom stereocenters. The molecule has 1 aromatic heterocycles. The Balaban J connectivity index is 2.04. The summed E-state index contributed by atoms with van der Waals surface area (Å²) in [6.45, 7) is 4.79. The zero-order valence-electron chi connectivity index (χ0n) is 10.2. The molecule has 1 fully saturated rings. The normalized spacial score (nSPS) is 22.2. The summed E-state index contributed by atoms with van der Waals surface area (Å²) in [5.74, 6) is 0. The van der Waals surface area contributed by atoms with Crippen molar-refractivity contribution in [2.75, 3.05) is 13.1 Å². The number of rotatable bonds is 4. The average Bonchev–Trinajstić information content (AvgIpc) is 2.38. The minimum atomic E-state index is 0.642. The van der Waals surface area contributed by atoms with Gasteiger partial charge in [-0.2, -0.15) is 0 Å². The molecule has 0 aliphatic carbocycles. The zero-order valence-corrected chi connectivity index (χ0v) is 10.2. The van der Waals surface area contributed by atoms with Crippen LogP contribution in [-0.4, -0.2) is 23.0 Å². The Labute approximate surface area is 98.7 Å². The number of piperidine rings is 1. The molecule has 16 heavy (non-hydrogen) atoms. The van der Waals surface area contributed by atoms with E-state index in [1.54, 1.807) is 0 Å². The van der Waals surface area contributed by atoms with Crippen LogP contribution >= 0.6 is 0 Å². The van der Waals surface area contributed by atoms with Crippen molar-refractivity contribution in [3.05, 3.63) is 30.1 Å². The number of unbranched alkanes of at least 4 members (excludes halogenated alkanes) is 1. The van der Waals surface area contributed by atoms with Gasteiger partial charge < -0.3 is 0 Å². The Bertz CT molecular complexity index is 297. The number of nitrogens with zero attached hydrogens (tertiary/aromatic N) is 2. The van der Waals surface area contributed by atoms with Gasteiger partial charge in [0, 0.05) is 18.4 Å². The van der Waals surface area contributed by atoms with Crippen LogP contribution in [0, 0.1) is 0 Å². The molecule has 2 nitrogen and oxygen atoms in total. The molecule has 2 heteroatoms. The van der Waals surface area contributed by atoms with Gasteiger partial charge in [0.2, 0.25) is 0 Å². The Morgan fingerprint density at radius 2 is 2.12 bits per heavy atom. The third-order valence-electron chi connectivity index (χ3n) is 3.50. The fourth-order valence-electron chi connectivity index (χ4n) is 2.58. The van der Waals surface area contributed by atoms with E-state index in [-0.39, 0.29) is 0 Å². The number of hydrogen-bond acceptors (Lipinski definition) is 2.